The van der Waals surface area contributed by atoms with Crippen molar-refractivity contribution >= 4 is 29.4 Å². The molecule has 1 atom stereocenters. The van der Waals surface area contributed by atoms with Crippen LogP contribution in [-0.4, -0.2) is 10.0 Å². The number of nitro benzene ring substituents is 1. The van der Waals surface area contributed by atoms with Gasteiger partial charge in [0.05, 0.1) is 11.0 Å². The van der Waals surface area contributed by atoms with E-state index in [1.54, 1.807) is 6.07 Å². The Morgan fingerprint density at radius 1 is 1.33 bits per heavy atom. The zero-order valence-corrected chi connectivity index (χ0v) is 10.8. The number of halogens is 1. The fraction of sp³-hybridized carbons (Fsp3) is 0.0909. The molecule has 1 heterocycles. The first-order valence-corrected chi connectivity index (χ1v) is 5.79. The van der Waals surface area contributed by atoms with Gasteiger partial charge in [-0.3, -0.25) is 10.1 Å². The van der Waals surface area contributed by atoms with Crippen molar-refractivity contribution in [3.63, 3.8) is 0 Å². The van der Waals surface area contributed by atoms with E-state index in [-0.39, 0.29) is 23.8 Å². The summed E-state index contributed by atoms with van der Waals surface area (Å²) in [5.41, 5.74) is 7.16. The van der Waals surface area contributed by atoms with Crippen LogP contribution in [0, 0.1) is 10.1 Å². The van der Waals surface area contributed by atoms with Crippen molar-refractivity contribution in [3.8, 4) is 5.75 Å². The largest absolute Gasteiger partial charge is 0.502 e. The van der Waals surface area contributed by atoms with E-state index < -0.39 is 11.0 Å². The zero-order valence-electron chi connectivity index (χ0n) is 9.15. The number of hydrogen-bond donors (Lipinski definition) is 2. The van der Waals surface area contributed by atoms with E-state index in [9.17, 15) is 15.2 Å². The molecule has 0 aliphatic carbocycles. The predicted molar refractivity (Wildman–Crippen MR) is 72.4 cm³/mol. The minimum atomic E-state index is -0.626. The van der Waals surface area contributed by atoms with Crippen molar-refractivity contribution in [2.45, 2.75) is 6.04 Å². The van der Waals surface area contributed by atoms with Crippen LogP contribution in [0.25, 0.3) is 0 Å². The molecule has 2 aromatic rings. The number of nitrogens with zero attached hydrogens (tertiary/aromatic N) is 1. The fourth-order valence-electron chi connectivity index (χ4n) is 1.52. The van der Waals surface area contributed by atoms with E-state index in [0.29, 0.717) is 5.56 Å². The topological polar surface area (TPSA) is 89.4 Å². The van der Waals surface area contributed by atoms with Gasteiger partial charge in [-0.1, -0.05) is 6.07 Å². The zero-order chi connectivity index (χ0) is 12.4. The van der Waals surface area contributed by atoms with Crippen molar-refractivity contribution in [2.75, 3.05) is 0 Å². The second kappa shape index (κ2) is 5.81. The van der Waals surface area contributed by atoms with Crippen molar-refractivity contribution < 1.29 is 10.0 Å². The predicted octanol–water partition coefficient (Wildman–Crippen LogP) is 2.83. The molecule has 1 aromatic heterocycles. The summed E-state index contributed by atoms with van der Waals surface area (Å²) in [6, 6.07) is 5.64. The lowest BCUT2D eigenvalue weighted by atomic mass is 10.0. The van der Waals surface area contributed by atoms with Gasteiger partial charge in [-0.05, 0) is 34.0 Å². The Morgan fingerprint density at radius 2 is 2.06 bits per heavy atom. The summed E-state index contributed by atoms with van der Waals surface area (Å²) in [6.45, 7) is 0. The quantitative estimate of drug-likeness (QED) is 0.670. The summed E-state index contributed by atoms with van der Waals surface area (Å²) in [6.07, 6.45) is 0. The van der Waals surface area contributed by atoms with Crippen molar-refractivity contribution in [3.05, 3.63) is 56.3 Å². The summed E-state index contributed by atoms with van der Waals surface area (Å²) in [4.78, 5) is 10.1. The summed E-state index contributed by atoms with van der Waals surface area (Å²) in [5, 5.41) is 23.8. The Balaban J connectivity index is 0.00000162. The third-order valence-corrected chi connectivity index (χ3v) is 3.16. The summed E-state index contributed by atoms with van der Waals surface area (Å²) < 4.78 is 0. The molecule has 7 heteroatoms. The lowest BCUT2D eigenvalue weighted by Crippen LogP contribution is -2.11. The van der Waals surface area contributed by atoms with Gasteiger partial charge in [-0.2, -0.15) is 11.3 Å². The lowest BCUT2D eigenvalue weighted by Gasteiger charge is -2.10. The number of hydrogen-bond acceptors (Lipinski definition) is 5. The Hall–Kier alpha value is -1.63. The first-order chi connectivity index (χ1) is 8.09. The molecule has 0 spiro atoms. The molecule has 96 valence electrons. The number of nitrogens with two attached hydrogens (primary N) is 1. The van der Waals surface area contributed by atoms with Crippen molar-refractivity contribution in [1.29, 1.82) is 0 Å². The first-order valence-electron chi connectivity index (χ1n) is 4.84. The van der Waals surface area contributed by atoms with Crippen LogP contribution in [-0.2, 0) is 0 Å². The van der Waals surface area contributed by atoms with E-state index in [1.165, 1.54) is 23.5 Å². The normalized spacial score (nSPS) is 11.6. The van der Waals surface area contributed by atoms with Gasteiger partial charge in [0.1, 0.15) is 0 Å². The lowest BCUT2D eigenvalue weighted by molar-refractivity contribution is -0.385. The van der Waals surface area contributed by atoms with Gasteiger partial charge in [0.15, 0.2) is 5.75 Å². The molecule has 0 amide bonds. The molecule has 0 radical (unpaired) electrons. The minimum Gasteiger partial charge on any atom is -0.502 e. The monoisotopic (exact) mass is 286 g/mol. The van der Waals surface area contributed by atoms with Crippen LogP contribution in [0.5, 0.6) is 5.75 Å². The Bertz CT molecular complexity index is 545. The number of phenolic OH excluding ortho intramolecular Hbond substituents is 1. The van der Waals surface area contributed by atoms with Crippen molar-refractivity contribution in [1.82, 2.24) is 0 Å². The Morgan fingerprint density at radius 3 is 2.61 bits per heavy atom. The molecule has 0 aliphatic heterocycles. The van der Waals surface area contributed by atoms with Crippen LogP contribution in [0.15, 0.2) is 35.0 Å². The van der Waals surface area contributed by atoms with Gasteiger partial charge in [-0.25, -0.2) is 0 Å². The number of rotatable bonds is 3. The van der Waals surface area contributed by atoms with E-state index in [1.807, 2.05) is 16.8 Å². The average Bonchev–Trinajstić information content (AvgIpc) is 2.81. The molecule has 1 aromatic carbocycles. The Kier molecular flexibility index (Phi) is 4.66. The molecular weight excluding hydrogens is 276 g/mol. The molecular formula is C11H11ClN2O3S. The fourth-order valence-corrected chi connectivity index (χ4v) is 2.22. The maximum absolute atomic E-state index is 10.7. The third-order valence-electron chi connectivity index (χ3n) is 2.46. The van der Waals surface area contributed by atoms with Gasteiger partial charge in [-0.15, -0.1) is 12.4 Å². The maximum atomic E-state index is 10.7. The van der Waals surface area contributed by atoms with Gasteiger partial charge in [0, 0.05) is 6.07 Å². The van der Waals surface area contributed by atoms with E-state index in [4.69, 9.17) is 5.73 Å². The molecule has 0 unspecified atom stereocenters. The van der Waals surface area contributed by atoms with Crippen LogP contribution < -0.4 is 5.73 Å². The number of phenols is 1. The highest BCUT2D eigenvalue weighted by Crippen LogP contribution is 2.30. The molecule has 5 nitrogen and oxygen atoms in total. The molecule has 0 saturated carbocycles. The summed E-state index contributed by atoms with van der Waals surface area (Å²) in [7, 11) is 0. The van der Waals surface area contributed by atoms with Crippen LogP contribution >= 0.6 is 23.7 Å². The molecule has 18 heavy (non-hydrogen) atoms. The minimum absolute atomic E-state index is 0. The van der Waals surface area contributed by atoms with Gasteiger partial charge in [0.2, 0.25) is 0 Å². The first kappa shape index (κ1) is 14.4. The maximum Gasteiger partial charge on any atom is 0.311 e. The van der Waals surface area contributed by atoms with E-state index in [2.05, 4.69) is 0 Å². The summed E-state index contributed by atoms with van der Waals surface area (Å²) >= 11 is 1.51. The second-order valence-corrected chi connectivity index (χ2v) is 4.32. The molecule has 0 bridgehead atoms. The summed E-state index contributed by atoms with van der Waals surface area (Å²) in [5.74, 6) is -0.351. The SMILES string of the molecule is Cl.N[C@@H](c1ccsc1)c1ccc(O)c([N+](=O)[O-])c1. The highest BCUT2D eigenvalue weighted by atomic mass is 35.5. The van der Waals surface area contributed by atoms with Crippen LogP contribution in [0.3, 0.4) is 0 Å². The smallest absolute Gasteiger partial charge is 0.311 e. The second-order valence-electron chi connectivity index (χ2n) is 3.54. The van der Waals surface area contributed by atoms with Crippen LogP contribution in [0.1, 0.15) is 17.2 Å². The van der Waals surface area contributed by atoms with E-state index >= 15 is 0 Å². The highest BCUT2D eigenvalue weighted by Gasteiger charge is 2.17. The molecule has 2 rings (SSSR count). The number of nitro groups is 1. The standard InChI is InChI=1S/C11H10N2O3S.ClH/c12-11(8-3-4-17-6-8)7-1-2-10(14)9(5-7)13(15)16;/h1-6,11,14H,12H2;1H/t11-;/m1./s1. The average molecular weight is 287 g/mol. The molecule has 3 N–H and O–H groups in total. The highest BCUT2D eigenvalue weighted by molar-refractivity contribution is 7.08. The third kappa shape index (κ3) is 2.79. The number of aromatic hydroxyl groups is 1. The van der Waals surface area contributed by atoms with Gasteiger partial charge < -0.3 is 10.8 Å². The van der Waals surface area contributed by atoms with Crippen molar-refractivity contribution in [2.24, 2.45) is 5.73 Å². The molecule has 0 aliphatic rings. The van der Waals surface area contributed by atoms with Gasteiger partial charge >= 0.3 is 5.69 Å². The number of benzene rings is 1. The molecule has 0 fully saturated rings. The van der Waals surface area contributed by atoms with Crippen LogP contribution in [0.2, 0.25) is 0 Å². The van der Waals surface area contributed by atoms with Gasteiger partial charge in [0.25, 0.3) is 0 Å². The molecule has 0 saturated heterocycles. The van der Waals surface area contributed by atoms with E-state index in [0.717, 1.165) is 5.56 Å². The van der Waals surface area contributed by atoms with Crippen LogP contribution in [0.4, 0.5) is 5.69 Å². The number of thiophene rings is 1. The Labute approximate surface area is 113 Å².